The third kappa shape index (κ3) is 3.89. The van der Waals surface area contributed by atoms with Crippen LogP contribution in [0.2, 0.25) is 0 Å². The highest BCUT2D eigenvalue weighted by atomic mass is 16.5. The van der Waals surface area contributed by atoms with E-state index >= 15 is 0 Å². The van der Waals surface area contributed by atoms with Crippen LogP contribution in [-0.2, 0) is 26.2 Å². The number of aromatic nitrogens is 2. The molecule has 29 heavy (non-hydrogen) atoms. The van der Waals surface area contributed by atoms with Crippen LogP contribution in [0, 0.1) is 0 Å². The fourth-order valence-corrected chi connectivity index (χ4v) is 4.44. The molecule has 1 aromatic heterocycles. The number of carbonyl (C=O) groups excluding carboxylic acids is 3. The molecule has 8 nitrogen and oxygen atoms in total. The zero-order valence-electron chi connectivity index (χ0n) is 16.8. The summed E-state index contributed by atoms with van der Waals surface area (Å²) in [5.41, 5.74) is 3.00. The van der Waals surface area contributed by atoms with Crippen LogP contribution >= 0.6 is 0 Å². The van der Waals surface area contributed by atoms with E-state index < -0.39 is 0 Å². The van der Waals surface area contributed by atoms with E-state index in [2.05, 4.69) is 33.5 Å². The van der Waals surface area contributed by atoms with Gasteiger partial charge in [-0.05, 0) is 49.9 Å². The first-order chi connectivity index (χ1) is 14.0. The van der Waals surface area contributed by atoms with E-state index in [9.17, 15) is 14.4 Å². The molecule has 1 atom stereocenters. The number of benzene rings is 1. The molecule has 1 N–H and O–H groups in total. The molecule has 2 fully saturated rings. The van der Waals surface area contributed by atoms with Crippen molar-refractivity contribution in [1.82, 2.24) is 20.0 Å². The summed E-state index contributed by atoms with van der Waals surface area (Å²) in [4.78, 5) is 37.3. The van der Waals surface area contributed by atoms with Gasteiger partial charge in [-0.25, -0.2) is 0 Å². The number of rotatable bonds is 4. The first kappa shape index (κ1) is 19.6. The highest BCUT2D eigenvalue weighted by Gasteiger charge is 2.32. The minimum atomic E-state index is -0.385. The van der Waals surface area contributed by atoms with E-state index in [1.165, 1.54) is 12.7 Å². The van der Waals surface area contributed by atoms with Crippen molar-refractivity contribution in [1.29, 1.82) is 0 Å². The lowest BCUT2D eigenvalue weighted by atomic mass is 9.88. The molecule has 0 radical (unpaired) electrons. The van der Waals surface area contributed by atoms with Crippen LogP contribution < -0.4 is 5.32 Å². The van der Waals surface area contributed by atoms with Gasteiger partial charge in [0.25, 0.3) is 0 Å². The van der Waals surface area contributed by atoms with Crippen molar-refractivity contribution in [2.24, 2.45) is 7.05 Å². The van der Waals surface area contributed by atoms with E-state index in [0.717, 1.165) is 42.5 Å². The van der Waals surface area contributed by atoms with Gasteiger partial charge in [0.2, 0.25) is 11.8 Å². The molecule has 0 saturated carbocycles. The highest BCUT2D eigenvalue weighted by molar-refractivity contribution is 6.02. The molecule has 2 aliphatic heterocycles. The molecule has 2 aliphatic rings. The Morgan fingerprint density at radius 3 is 2.69 bits per heavy atom. The van der Waals surface area contributed by atoms with Gasteiger partial charge < -0.3 is 4.74 Å². The SMILES string of the molecule is COC(=O)CN1CCC(c2ccc3c(C4CCC(=O)NC4=O)nn(C)c3c2)CC1. The molecule has 4 rings (SSSR count). The summed E-state index contributed by atoms with van der Waals surface area (Å²) >= 11 is 0. The van der Waals surface area contributed by atoms with Crippen molar-refractivity contribution in [2.45, 2.75) is 37.5 Å². The van der Waals surface area contributed by atoms with Crippen LogP contribution in [0.3, 0.4) is 0 Å². The monoisotopic (exact) mass is 398 g/mol. The van der Waals surface area contributed by atoms with E-state index in [0.29, 0.717) is 25.3 Å². The number of esters is 1. The van der Waals surface area contributed by atoms with Gasteiger partial charge >= 0.3 is 5.97 Å². The van der Waals surface area contributed by atoms with Gasteiger partial charge in [0.05, 0.1) is 30.8 Å². The number of aryl methyl sites for hydroxylation is 1. The Morgan fingerprint density at radius 2 is 2.00 bits per heavy atom. The van der Waals surface area contributed by atoms with Crippen LogP contribution in [0.15, 0.2) is 18.2 Å². The number of carbonyl (C=O) groups is 3. The first-order valence-electron chi connectivity index (χ1n) is 10.1. The Bertz CT molecular complexity index is 959. The molecular weight excluding hydrogens is 372 g/mol. The molecule has 8 heteroatoms. The second-order valence-corrected chi connectivity index (χ2v) is 7.92. The second-order valence-electron chi connectivity index (χ2n) is 7.92. The van der Waals surface area contributed by atoms with E-state index in [1.54, 1.807) is 0 Å². The number of imide groups is 1. The lowest BCUT2D eigenvalue weighted by Gasteiger charge is -2.31. The van der Waals surface area contributed by atoms with Crippen LogP contribution in [-0.4, -0.2) is 59.2 Å². The Labute approximate surface area is 169 Å². The Morgan fingerprint density at radius 1 is 1.24 bits per heavy atom. The first-order valence-corrected chi connectivity index (χ1v) is 10.1. The third-order valence-electron chi connectivity index (χ3n) is 6.11. The number of nitrogens with one attached hydrogen (secondary N) is 1. The lowest BCUT2D eigenvalue weighted by molar-refractivity contribution is -0.142. The zero-order valence-corrected chi connectivity index (χ0v) is 16.8. The fraction of sp³-hybridized carbons (Fsp3) is 0.524. The summed E-state index contributed by atoms with van der Waals surface area (Å²) in [7, 11) is 3.31. The van der Waals surface area contributed by atoms with Crippen molar-refractivity contribution in [2.75, 3.05) is 26.7 Å². The van der Waals surface area contributed by atoms with Crippen LogP contribution in [0.1, 0.15) is 48.8 Å². The van der Waals surface area contributed by atoms with Crippen molar-refractivity contribution in [3.63, 3.8) is 0 Å². The summed E-state index contributed by atoms with van der Waals surface area (Å²) in [5.74, 6) is -0.623. The molecule has 2 aromatic rings. The quantitative estimate of drug-likeness (QED) is 0.619. The molecule has 154 valence electrons. The smallest absolute Gasteiger partial charge is 0.319 e. The average molecular weight is 398 g/mol. The number of hydrogen-bond donors (Lipinski definition) is 1. The maximum absolute atomic E-state index is 12.3. The molecule has 1 aromatic carbocycles. The van der Waals surface area contributed by atoms with Crippen LogP contribution in [0.25, 0.3) is 10.9 Å². The number of nitrogens with zero attached hydrogens (tertiary/aromatic N) is 3. The normalized spacial score (nSPS) is 21.4. The molecule has 0 aliphatic carbocycles. The van der Waals surface area contributed by atoms with E-state index in [-0.39, 0.29) is 23.7 Å². The van der Waals surface area contributed by atoms with E-state index in [4.69, 9.17) is 4.74 Å². The number of methoxy groups -OCH3 is 1. The number of piperidine rings is 2. The van der Waals surface area contributed by atoms with Gasteiger partial charge in [0.1, 0.15) is 0 Å². The van der Waals surface area contributed by atoms with Crippen molar-refractivity contribution in [3.8, 4) is 0 Å². The average Bonchev–Trinajstić information content (AvgIpc) is 3.04. The van der Waals surface area contributed by atoms with Gasteiger partial charge in [-0.15, -0.1) is 0 Å². The number of fused-ring (bicyclic) bond motifs is 1. The lowest BCUT2D eigenvalue weighted by Crippen LogP contribution is -2.39. The summed E-state index contributed by atoms with van der Waals surface area (Å²) < 4.78 is 6.58. The highest BCUT2D eigenvalue weighted by Crippen LogP contribution is 2.34. The van der Waals surface area contributed by atoms with Gasteiger partial charge in [-0.3, -0.25) is 29.3 Å². The number of amides is 2. The number of hydrogen-bond acceptors (Lipinski definition) is 6. The largest absolute Gasteiger partial charge is 0.468 e. The summed E-state index contributed by atoms with van der Waals surface area (Å²) in [6, 6.07) is 6.34. The molecular formula is C21H26N4O4. The van der Waals surface area contributed by atoms with Gasteiger partial charge in [0, 0.05) is 18.9 Å². The maximum atomic E-state index is 12.3. The van der Waals surface area contributed by atoms with Crippen LogP contribution in [0.4, 0.5) is 0 Å². The van der Waals surface area contributed by atoms with E-state index in [1.807, 2.05) is 11.7 Å². The second kappa shape index (κ2) is 7.94. The Balaban J connectivity index is 1.52. The van der Waals surface area contributed by atoms with Gasteiger partial charge in [-0.2, -0.15) is 5.10 Å². The minimum Gasteiger partial charge on any atom is -0.468 e. The van der Waals surface area contributed by atoms with Crippen molar-refractivity contribution >= 4 is 28.7 Å². The summed E-state index contributed by atoms with van der Waals surface area (Å²) in [6.45, 7) is 2.08. The zero-order chi connectivity index (χ0) is 20.5. The van der Waals surface area contributed by atoms with Gasteiger partial charge in [0.15, 0.2) is 0 Å². The fourth-order valence-electron chi connectivity index (χ4n) is 4.44. The predicted octanol–water partition coefficient (Wildman–Crippen LogP) is 1.45. The Kier molecular flexibility index (Phi) is 5.36. The number of likely N-dealkylation sites (tertiary alicyclic amines) is 1. The molecule has 1 unspecified atom stereocenters. The minimum absolute atomic E-state index is 0.194. The Hall–Kier alpha value is -2.74. The summed E-state index contributed by atoms with van der Waals surface area (Å²) in [5, 5.41) is 8.00. The standard InChI is InChI=1S/C21H26N4O4/c1-24-17-11-14(13-7-9-25(10-8-13)12-19(27)29-2)3-4-15(17)20(23-24)16-5-6-18(26)22-21(16)28/h3-4,11,13,16H,5-10,12H2,1-2H3,(H,22,26,28). The summed E-state index contributed by atoms with van der Waals surface area (Å²) in [6.07, 6.45) is 2.81. The van der Waals surface area contributed by atoms with Gasteiger partial charge in [-0.1, -0.05) is 12.1 Å². The van der Waals surface area contributed by atoms with Crippen molar-refractivity contribution < 1.29 is 19.1 Å². The maximum Gasteiger partial charge on any atom is 0.319 e. The molecule has 0 bridgehead atoms. The third-order valence-corrected chi connectivity index (χ3v) is 6.11. The number of ether oxygens (including phenoxy) is 1. The molecule has 3 heterocycles. The topological polar surface area (TPSA) is 93.5 Å². The predicted molar refractivity (Wildman–Crippen MR) is 106 cm³/mol. The molecule has 2 saturated heterocycles. The molecule has 2 amide bonds. The van der Waals surface area contributed by atoms with Crippen molar-refractivity contribution in [3.05, 3.63) is 29.5 Å². The molecule has 0 spiro atoms. The van der Waals surface area contributed by atoms with Crippen LogP contribution in [0.5, 0.6) is 0 Å².